The molecule has 0 atom stereocenters. The number of anilines is 1. The second-order valence-electron chi connectivity index (χ2n) is 3.50. The number of nitrogens with zero attached hydrogens (tertiary/aromatic N) is 1. The van der Waals surface area contributed by atoms with Crippen LogP contribution in [0.2, 0.25) is 0 Å². The van der Waals surface area contributed by atoms with Gasteiger partial charge in [-0.3, -0.25) is 4.79 Å². The van der Waals surface area contributed by atoms with E-state index in [2.05, 4.69) is 11.6 Å². The summed E-state index contributed by atoms with van der Waals surface area (Å²) in [6.07, 6.45) is 5.32. The molecular weight excluding hydrogens is 190 g/mol. The summed E-state index contributed by atoms with van der Waals surface area (Å²) in [7, 11) is 1.78. The predicted octanol–water partition coefficient (Wildman–Crippen LogP) is 1.64. The second-order valence-corrected chi connectivity index (χ2v) is 3.50. The van der Waals surface area contributed by atoms with Crippen molar-refractivity contribution in [2.24, 2.45) is 0 Å². The molecule has 0 radical (unpaired) electrons. The summed E-state index contributed by atoms with van der Waals surface area (Å²) in [6.45, 7) is 4.36. The van der Waals surface area contributed by atoms with Crippen LogP contribution < -0.4 is 5.73 Å². The summed E-state index contributed by atoms with van der Waals surface area (Å²) < 4.78 is 0. The van der Waals surface area contributed by atoms with Gasteiger partial charge in [0.25, 0.3) is 5.91 Å². The van der Waals surface area contributed by atoms with Crippen molar-refractivity contribution in [3.8, 4) is 0 Å². The highest BCUT2D eigenvalue weighted by molar-refractivity contribution is 5.93. The molecular formula is C11H17N3O. The van der Waals surface area contributed by atoms with E-state index >= 15 is 0 Å². The van der Waals surface area contributed by atoms with E-state index in [1.54, 1.807) is 24.2 Å². The maximum Gasteiger partial charge on any atom is 0.270 e. The molecule has 0 aliphatic heterocycles. The van der Waals surface area contributed by atoms with Gasteiger partial charge in [-0.25, -0.2) is 0 Å². The number of aromatic nitrogens is 1. The lowest BCUT2D eigenvalue weighted by molar-refractivity contribution is 0.0789. The summed E-state index contributed by atoms with van der Waals surface area (Å²) in [5.41, 5.74) is 6.64. The molecule has 0 saturated carbocycles. The minimum Gasteiger partial charge on any atom is -0.397 e. The van der Waals surface area contributed by atoms with Crippen molar-refractivity contribution >= 4 is 11.6 Å². The molecule has 15 heavy (non-hydrogen) atoms. The Balaban J connectivity index is 2.49. The van der Waals surface area contributed by atoms with Crippen molar-refractivity contribution in [1.29, 1.82) is 0 Å². The van der Waals surface area contributed by atoms with Crippen LogP contribution in [0.25, 0.3) is 0 Å². The van der Waals surface area contributed by atoms with Gasteiger partial charge in [0.15, 0.2) is 0 Å². The second kappa shape index (κ2) is 5.24. The van der Waals surface area contributed by atoms with Gasteiger partial charge in [0.1, 0.15) is 5.69 Å². The number of carbonyl (C=O) groups is 1. The standard InChI is InChI=1S/C11H17N3O/c1-3-4-5-6-14(2)11(15)10-7-9(12)8-13-10/h3,7-8,13H,1,4-6,12H2,2H3. The molecule has 0 saturated heterocycles. The van der Waals surface area contributed by atoms with Crippen molar-refractivity contribution in [1.82, 2.24) is 9.88 Å². The van der Waals surface area contributed by atoms with Crippen molar-refractivity contribution < 1.29 is 4.79 Å². The van der Waals surface area contributed by atoms with Crippen LogP contribution in [0.15, 0.2) is 24.9 Å². The van der Waals surface area contributed by atoms with E-state index in [1.165, 1.54) is 0 Å². The van der Waals surface area contributed by atoms with Crippen molar-refractivity contribution in [2.45, 2.75) is 12.8 Å². The molecule has 3 N–H and O–H groups in total. The number of unbranched alkanes of at least 4 members (excludes halogenated alkanes) is 1. The normalized spacial score (nSPS) is 9.93. The van der Waals surface area contributed by atoms with Crippen LogP contribution in [0, 0.1) is 0 Å². The number of hydrogen-bond donors (Lipinski definition) is 2. The largest absolute Gasteiger partial charge is 0.397 e. The van der Waals surface area contributed by atoms with Crippen LogP contribution >= 0.6 is 0 Å². The van der Waals surface area contributed by atoms with E-state index in [0.717, 1.165) is 19.4 Å². The highest BCUT2D eigenvalue weighted by atomic mass is 16.2. The zero-order valence-electron chi connectivity index (χ0n) is 8.99. The number of aromatic amines is 1. The predicted molar refractivity (Wildman–Crippen MR) is 61.6 cm³/mol. The first kappa shape index (κ1) is 11.4. The Bertz CT molecular complexity index is 343. The lowest BCUT2D eigenvalue weighted by Gasteiger charge is -2.15. The quantitative estimate of drug-likeness (QED) is 0.569. The molecule has 0 aromatic carbocycles. The number of nitrogens with one attached hydrogen (secondary N) is 1. The molecule has 0 bridgehead atoms. The summed E-state index contributed by atoms with van der Waals surface area (Å²) in [5.74, 6) is -0.0317. The van der Waals surface area contributed by atoms with Crippen LogP contribution in [-0.2, 0) is 0 Å². The summed E-state index contributed by atoms with van der Waals surface area (Å²) in [4.78, 5) is 16.3. The van der Waals surface area contributed by atoms with Gasteiger partial charge in [0.05, 0.1) is 0 Å². The molecule has 0 aliphatic carbocycles. The number of allylic oxidation sites excluding steroid dienone is 1. The minimum atomic E-state index is -0.0317. The van der Waals surface area contributed by atoms with Gasteiger partial charge in [-0.15, -0.1) is 6.58 Å². The highest BCUT2D eigenvalue weighted by Gasteiger charge is 2.12. The number of H-pyrrole nitrogens is 1. The van der Waals surface area contributed by atoms with Gasteiger partial charge in [0.2, 0.25) is 0 Å². The summed E-state index contributed by atoms with van der Waals surface area (Å²) in [5, 5.41) is 0. The molecule has 4 heteroatoms. The van der Waals surface area contributed by atoms with E-state index in [4.69, 9.17) is 5.73 Å². The lowest BCUT2D eigenvalue weighted by Crippen LogP contribution is -2.27. The first-order valence-electron chi connectivity index (χ1n) is 4.95. The van der Waals surface area contributed by atoms with Crippen LogP contribution in [0.4, 0.5) is 5.69 Å². The Labute approximate surface area is 89.8 Å². The maximum absolute atomic E-state index is 11.8. The molecule has 1 aromatic heterocycles. The Morgan fingerprint density at radius 2 is 2.47 bits per heavy atom. The summed E-state index contributed by atoms with van der Waals surface area (Å²) in [6, 6.07) is 1.65. The molecule has 1 rings (SSSR count). The van der Waals surface area contributed by atoms with Crippen LogP contribution in [0.1, 0.15) is 23.3 Å². The van der Waals surface area contributed by atoms with E-state index in [-0.39, 0.29) is 5.91 Å². The van der Waals surface area contributed by atoms with E-state index in [0.29, 0.717) is 11.4 Å². The maximum atomic E-state index is 11.8. The average Bonchev–Trinajstić information content (AvgIpc) is 2.64. The first-order valence-corrected chi connectivity index (χ1v) is 4.95. The fraction of sp³-hybridized carbons (Fsp3) is 0.364. The number of hydrogen-bond acceptors (Lipinski definition) is 2. The van der Waals surface area contributed by atoms with E-state index < -0.39 is 0 Å². The van der Waals surface area contributed by atoms with Crippen LogP contribution in [-0.4, -0.2) is 29.4 Å². The van der Waals surface area contributed by atoms with Gasteiger partial charge >= 0.3 is 0 Å². The highest BCUT2D eigenvalue weighted by Crippen LogP contribution is 2.07. The lowest BCUT2D eigenvalue weighted by atomic mass is 10.3. The molecule has 0 unspecified atom stereocenters. The third-order valence-corrected chi connectivity index (χ3v) is 2.18. The summed E-state index contributed by atoms with van der Waals surface area (Å²) >= 11 is 0. The van der Waals surface area contributed by atoms with Crippen molar-refractivity contribution in [2.75, 3.05) is 19.3 Å². The molecule has 82 valence electrons. The average molecular weight is 207 g/mol. The van der Waals surface area contributed by atoms with Gasteiger partial charge in [-0.1, -0.05) is 6.08 Å². The zero-order valence-corrected chi connectivity index (χ0v) is 8.99. The SMILES string of the molecule is C=CCCCN(C)C(=O)c1cc(N)c[nH]1. The molecule has 0 aliphatic rings. The molecule has 4 nitrogen and oxygen atoms in total. The van der Waals surface area contributed by atoms with Gasteiger partial charge in [-0.05, 0) is 18.9 Å². The molecule has 0 spiro atoms. The Morgan fingerprint density at radius 3 is 3.00 bits per heavy atom. The molecule has 0 fully saturated rings. The topological polar surface area (TPSA) is 62.1 Å². The molecule has 1 amide bonds. The van der Waals surface area contributed by atoms with Crippen molar-refractivity contribution in [3.63, 3.8) is 0 Å². The minimum absolute atomic E-state index is 0.0317. The smallest absolute Gasteiger partial charge is 0.270 e. The Kier molecular flexibility index (Phi) is 3.97. The van der Waals surface area contributed by atoms with E-state index in [9.17, 15) is 4.79 Å². The monoisotopic (exact) mass is 207 g/mol. The van der Waals surface area contributed by atoms with Gasteiger partial charge < -0.3 is 15.6 Å². The Morgan fingerprint density at radius 1 is 1.73 bits per heavy atom. The first-order chi connectivity index (χ1) is 7.15. The Hall–Kier alpha value is -1.71. The number of amides is 1. The molecule has 1 heterocycles. The number of nitrogen functional groups attached to an aromatic ring is 1. The number of carbonyl (C=O) groups excluding carboxylic acids is 1. The number of nitrogens with two attached hydrogens (primary N) is 1. The number of rotatable bonds is 5. The third-order valence-electron chi connectivity index (χ3n) is 2.18. The fourth-order valence-corrected chi connectivity index (χ4v) is 1.31. The van der Waals surface area contributed by atoms with Crippen LogP contribution in [0.5, 0.6) is 0 Å². The van der Waals surface area contributed by atoms with Gasteiger partial charge in [-0.2, -0.15) is 0 Å². The van der Waals surface area contributed by atoms with Crippen molar-refractivity contribution in [3.05, 3.63) is 30.6 Å². The van der Waals surface area contributed by atoms with Crippen LogP contribution in [0.3, 0.4) is 0 Å². The van der Waals surface area contributed by atoms with E-state index in [1.807, 2.05) is 6.08 Å². The van der Waals surface area contributed by atoms with Gasteiger partial charge in [0, 0.05) is 25.5 Å². The molecule has 1 aromatic rings. The third kappa shape index (κ3) is 3.16. The fourth-order valence-electron chi connectivity index (χ4n) is 1.31. The zero-order chi connectivity index (χ0) is 11.3.